The van der Waals surface area contributed by atoms with Gasteiger partial charge < -0.3 is 4.90 Å². The van der Waals surface area contributed by atoms with Crippen molar-refractivity contribution in [3.63, 3.8) is 0 Å². The summed E-state index contributed by atoms with van der Waals surface area (Å²) in [6.45, 7) is 1.99. The molecule has 0 saturated carbocycles. The monoisotopic (exact) mass is 306 g/mol. The average molecular weight is 308 g/mol. The molecule has 1 aromatic heterocycles. The molecule has 0 aliphatic carbocycles. The van der Waals surface area contributed by atoms with Crippen molar-refractivity contribution < 1.29 is 0 Å². The summed E-state index contributed by atoms with van der Waals surface area (Å²) in [5.41, 5.74) is 1.23. The second-order valence-corrected chi connectivity index (χ2v) is 4.65. The number of aromatic nitrogens is 1. The van der Waals surface area contributed by atoms with Crippen molar-refractivity contribution in [1.29, 1.82) is 0 Å². The standard InChI is InChI=1S/C9H12Br2N2/c1-13(3-2-10)7-8-4-9(11)6-12-5-8/h4-6H,2-3,7H2,1H3. The first-order chi connectivity index (χ1) is 6.22. The number of rotatable bonds is 4. The van der Waals surface area contributed by atoms with Crippen molar-refractivity contribution in [2.75, 3.05) is 18.9 Å². The molecule has 0 fully saturated rings. The van der Waals surface area contributed by atoms with Gasteiger partial charge in [-0.05, 0) is 34.6 Å². The Bertz CT molecular complexity index is 266. The maximum atomic E-state index is 4.11. The third-order valence-electron chi connectivity index (χ3n) is 1.68. The van der Waals surface area contributed by atoms with E-state index in [1.54, 1.807) is 6.20 Å². The Labute approximate surface area is 95.6 Å². The van der Waals surface area contributed by atoms with E-state index in [0.717, 1.165) is 22.9 Å². The lowest BCUT2D eigenvalue weighted by Crippen LogP contribution is -2.19. The van der Waals surface area contributed by atoms with Gasteiger partial charge in [-0.2, -0.15) is 0 Å². The Morgan fingerprint density at radius 2 is 2.23 bits per heavy atom. The van der Waals surface area contributed by atoms with Crippen molar-refractivity contribution in [2.24, 2.45) is 0 Å². The zero-order valence-corrected chi connectivity index (χ0v) is 10.7. The van der Waals surface area contributed by atoms with Gasteiger partial charge in [0.15, 0.2) is 0 Å². The summed E-state index contributed by atoms with van der Waals surface area (Å²) in [4.78, 5) is 6.36. The molecule has 0 saturated heterocycles. The molecular formula is C9H12Br2N2. The minimum Gasteiger partial charge on any atom is -0.301 e. The Morgan fingerprint density at radius 1 is 1.46 bits per heavy atom. The second-order valence-electron chi connectivity index (χ2n) is 2.94. The van der Waals surface area contributed by atoms with E-state index in [2.05, 4.69) is 54.9 Å². The third kappa shape index (κ3) is 4.20. The van der Waals surface area contributed by atoms with Crippen LogP contribution in [0.3, 0.4) is 0 Å². The Morgan fingerprint density at radius 3 is 2.85 bits per heavy atom. The summed E-state index contributed by atoms with van der Waals surface area (Å²) in [7, 11) is 2.10. The molecular weight excluding hydrogens is 296 g/mol. The SMILES string of the molecule is CN(CCBr)Cc1cncc(Br)c1. The molecule has 1 aromatic rings. The van der Waals surface area contributed by atoms with Crippen LogP contribution in [0.1, 0.15) is 5.56 Å². The van der Waals surface area contributed by atoms with Gasteiger partial charge in [-0.3, -0.25) is 4.98 Å². The van der Waals surface area contributed by atoms with Crippen LogP contribution in [-0.2, 0) is 6.54 Å². The first-order valence-corrected chi connectivity index (χ1v) is 5.98. The second kappa shape index (κ2) is 5.73. The molecule has 0 amide bonds. The molecule has 0 bridgehead atoms. The van der Waals surface area contributed by atoms with Gasteiger partial charge in [0.05, 0.1) is 0 Å². The molecule has 4 heteroatoms. The smallest absolute Gasteiger partial charge is 0.0410 e. The topological polar surface area (TPSA) is 16.1 Å². The van der Waals surface area contributed by atoms with Gasteiger partial charge in [0.2, 0.25) is 0 Å². The normalized spacial score (nSPS) is 10.8. The molecule has 1 rings (SSSR count). The minimum atomic E-state index is 0.942. The van der Waals surface area contributed by atoms with Gasteiger partial charge in [-0.15, -0.1) is 0 Å². The quantitative estimate of drug-likeness (QED) is 0.795. The molecule has 0 N–H and O–H groups in total. The van der Waals surface area contributed by atoms with Crippen molar-refractivity contribution in [3.8, 4) is 0 Å². The number of hydrogen-bond acceptors (Lipinski definition) is 2. The summed E-state index contributed by atoms with van der Waals surface area (Å²) in [6.07, 6.45) is 3.70. The van der Waals surface area contributed by atoms with Crippen molar-refractivity contribution >= 4 is 31.9 Å². The van der Waals surface area contributed by atoms with Crippen LogP contribution in [0.25, 0.3) is 0 Å². The van der Waals surface area contributed by atoms with Crippen LogP contribution in [0.4, 0.5) is 0 Å². The molecule has 1 heterocycles. The van der Waals surface area contributed by atoms with Gasteiger partial charge in [0.1, 0.15) is 0 Å². The van der Waals surface area contributed by atoms with E-state index < -0.39 is 0 Å². The van der Waals surface area contributed by atoms with Crippen LogP contribution < -0.4 is 0 Å². The minimum absolute atomic E-state index is 0.942. The van der Waals surface area contributed by atoms with Gasteiger partial charge >= 0.3 is 0 Å². The molecule has 0 radical (unpaired) electrons. The Kier molecular flexibility index (Phi) is 4.91. The third-order valence-corrected chi connectivity index (χ3v) is 2.47. The summed E-state index contributed by atoms with van der Waals surface area (Å²) in [6, 6.07) is 2.09. The molecule has 0 aromatic carbocycles. The molecule has 0 spiro atoms. The zero-order chi connectivity index (χ0) is 9.68. The van der Waals surface area contributed by atoms with Crippen LogP contribution in [-0.4, -0.2) is 28.8 Å². The lowest BCUT2D eigenvalue weighted by Gasteiger charge is -2.14. The average Bonchev–Trinajstić information content (AvgIpc) is 2.04. The molecule has 13 heavy (non-hydrogen) atoms. The van der Waals surface area contributed by atoms with Crippen LogP contribution in [0, 0.1) is 0 Å². The maximum absolute atomic E-state index is 4.11. The molecule has 0 atom stereocenters. The van der Waals surface area contributed by atoms with Crippen LogP contribution in [0.15, 0.2) is 22.9 Å². The van der Waals surface area contributed by atoms with Gasteiger partial charge in [-0.25, -0.2) is 0 Å². The number of nitrogens with zero attached hydrogens (tertiary/aromatic N) is 2. The van der Waals surface area contributed by atoms with Crippen molar-refractivity contribution in [1.82, 2.24) is 9.88 Å². The summed E-state index contributed by atoms with van der Waals surface area (Å²) < 4.78 is 1.04. The highest BCUT2D eigenvalue weighted by atomic mass is 79.9. The highest BCUT2D eigenvalue weighted by molar-refractivity contribution is 9.10. The fourth-order valence-corrected chi connectivity index (χ4v) is 2.09. The van der Waals surface area contributed by atoms with E-state index >= 15 is 0 Å². The largest absolute Gasteiger partial charge is 0.301 e. The number of hydrogen-bond donors (Lipinski definition) is 0. The maximum Gasteiger partial charge on any atom is 0.0410 e. The first kappa shape index (κ1) is 11.1. The van der Waals surface area contributed by atoms with E-state index in [0.29, 0.717) is 0 Å². The Balaban J connectivity index is 2.53. The summed E-state index contributed by atoms with van der Waals surface area (Å²) >= 11 is 6.81. The fraction of sp³-hybridized carbons (Fsp3) is 0.444. The first-order valence-electron chi connectivity index (χ1n) is 4.06. The van der Waals surface area contributed by atoms with Crippen LogP contribution >= 0.6 is 31.9 Å². The van der Waals surface area contributed by atoms with E-state index in [-0.39, 0.29) is 0 Å². The van der Waals surface area contributed by atoms with Gasteiger partial charge in [-0.1, -0.05) is 15.9 Å². The molecule has 0 aliphatic heterocycles. The molecule has 0 aliphatic rings. The summed E-state index contributed by atoms with van der Waals surface area (Å²) in [5.74, 6) is 0. The van der Waals surface area contributed by atoms with E-state index in [1.807, 2.05) is 6.20 Å². The number of pyridine rings is 1. The van der Waals surface area contributed by atoms with Crippen molar-refractivity contribution in [3.05, 3.63) is 28.5 Å². The lowest BCUT2D eigenvalue weighted by molar-refractivity contribution is 0.349. The molecule has 2 nitrogen and oxygen atoms in total. The highest BCUT2D eigenvalue weighted by Crippen LogP contribution is 2.10. The van der Waals surface area contributed by atoms with Crippen molar-refractivity contribution in [2.45, 2.75) is 6.54 Å². The Hall–Kier alpha value is 0.0700. The lowest BCUT2D eigenvalue weighted by atomic mass is 10.3. The van der Waals surface area contributed by atoms with Crippen LogP contribution in [0.5, 0.6) is 0 Å². The van der Waals surface area contributed by atoms with E-state index in [4.69, 9.17) is 0 Å². The predicted octanol–water partition coefficient (Wildman–Crippen LogP) is 2.67. The van der Waals surface area contributed by atoms with Gasteiger partial charge in [0, 0.05) is 35.3 Å². The number of halogens is 2. The predicted molar refractivity (Wildman–Crippen MR) is 62.1 cm³/mol. The molecule has 72 valence electrons. The summed E-state index contributed by atoms with van der Waals surface area (Å²) in [5, 5.41) is 1.00. The fourth-order valence-electron chi connectivity index (χ4n) is 1.08. The van der Waals surface area contributed by atoms with Gasteiger partial charge in [0.25, 0.3) is 0 Å². The zero-order valence-electron chi connectivity index (χ0n) is 7.50. The van der Waals surface area contributed by atoms with E-state index in [1.165, 1.54) is 5.56 Å². The van der Waals surface area contributed by atoms with Crippen LogP contribution in [0.2, 0.25) is 0 Å². The number of alkyl halides is 1. The highest BCUT2D eigenvalue weighted by Gasteiger charge is 1.99. The molecule has 0 unspecified atom stereocenters. The van der Waals surface area contributed by atoms with E-state index in [9.17, 15) is 0 Å².